The van der Waals surface area contributed by atoms with Gasteiger partial charge in [0.05, 0.1) is 9.92 Å². The number of aliphatic hydroxyl groups is 1. The fourth-order valence-electron chi connectivity index (χ4n) is 5.95. The van der Waals surface area contributed by atoms with Crippen LogP contribution in [0.4, 0.5) is 15.3 Å². The highest BCUT2D eigenvalue weighted by atomic mass is 35.5. The number of carbonyl (C=O) groups is 3. The Kier molecular flexibility index (Phi) is 8.73. The van der Waals surface area contributed by atoms with Gasteiger partial charge in [0.2, 0.25) is 5.91 Å². The van der Waals surface area contributed by atoms with E-state index in [1.807, 2.05) is 29.2 Å². The first kappa shape index (κ1) is 30.8. The Morgan fingerprint density at radius 1 is 1.07 bits per heavy atom. The Bertz CT molecular complexity index is 1570. The van der Waals surface area contributed by atoms with Crippen LogP contribution in [-0.4, -0.2) is 102 Å². The molecule has 230 valence electrons. The van der Waals surface area contributed by atoms with Crippen molar-refractivity contribution in [2.45, 2.75) is 56.3 Å². The third-order valence-electron chi connectivity index (χ3n) is 8.24. The highest BCUT2D eigenvalue weighted by molar-refractivity contribution is 7.90. The Morgan fingerprint density at radius 2 is 1.77 bits per heavy atom. The summed E-state index contributed by atoms with van der Waals surface area (Å²) in [6.45, 7) is 4.65. The SMILES string of the molecule is CC(C)N1C(=O)N(CC(=O)N2CCC(N3CCc4ccccc4NC3=O)CC2)C=C(c2cccc(S(C)(=O)=O)c2Cl)C1O. The van der Waals surface area contributed by atoms with Gasteiger partial charge < -0.3 is 20.2 Å². The molecule has 13 heteroatoms. The molecule has 5 rings (SSSR count). The molecular formula is C30H36ClN5O6S. The average molecular weight is 630 g/mol. The van der Waals surface area contributed by atoms with Crippen molar-refractivity contribution >= 4 is 50.7 Å². The highest BCUT2D eigenvalue weighted by Gasteiger charge is 2.39. The predicted molar refractivity (Wildman–Crippen MR) is 163 cm³/mol. The minimum absolute atomic E-state index is 0.0164. The minimum atomic E-state index is -3.66. The van der Waals surface area contributed by atoms with Gasteiger partial charge in [0.15, 0.2) is 16.1 Å². The number of nitrogens with one attached hydrogen (secondary N) is 1. The molecule has 1 atom stereocenters. The highest BCUT2D eigenvalue weighted by Crippen LogP contribution is 2.36. The molecular weight excluding hydrogens is 594 g/mol. The molecule has 11 nitrogen and oxygen atoms in total. The zero-order chi connectivity index (χ0) is 31.1. The van der Waals surface area contributed by atoms with Gasteiger partial charge in [-0.3, -0.25) is 14.6 Å². The lowest BCUT2D eigenvalue weighted by molar-refractivity contribution is -0.133. The fraction of sp³-hybridized carbons (Fsp3) is 0.433. The van der Waals surface area contributed by atoms with Crippen molar-refractivity contribution in [2.75, 3.05) is 37.8 Å². The van der Waals surface area contributed by atoms with E-state index in [1.54, 1.807) is 24.8 Å². The molecule has 0 radical (unpaired) electrons. The third kappa shape index (κ3) is 6.22. The van der Waals surface area contributed by atoms with Gasteiger partial charge in [-0.25, -0.2) is 18.0 Å². The summed E-state index contributed by atoms with van der Waals surface area (Å²) >= 11 is 6.49. The molecule has 43 heavy (non-hydrogen) atoms. The van der Waals surface area contributed by atoms with Gasteiger partial charge in [-0.15, -0.1) is 0 Å². The molecule has 0 aliphatic carbocycles. The van der Waals surface area contributed by atoms with Crippen molar-refractivity contribution in [1.82, 2.24) is 19.6 Å². The summed E-state index contributed by atoms with van der Waals surface area (Å²) in [5.41, 5.74) is 2.38. The summed E-state index contributed by atoms with van der Waals surface area (Å²) in [5.74, 6) is -0.272. The molecule has 2 aromatic carbocycles. The summed E-state index contributed by atoms with van der Waals surface area (Å²) in [6.07, 6.45) is 2.98. The van der Waals surface area contributed by atoms with Gasteiger partial charge in [-0.1, -0.05) is 41.9 Å². The van der Waals surface area contributed by atoms with E-state index in [1.165, 1.54) is 28.1 Å². The van der Waals surface area contributed by atoms with Crippen LogP contribution < -0.4 is 5.32 Å². The number of halogens is 1. The number of likely N-dealkylation sites (tertiary alicyclic amines) is 1. The second-order valence-corrected chi connectivity index (χ2v) is 13.8. The quantitative estimate of drug-likeness (QED) is 0.502. The summed E-state index contributed by atoms with van der Waals surface area (Å²) in [6, 6.07) is 11.1. The summed E-state index contributed by atoms with van der Waals surface area (Å²) in [5, 5.41) is 14.1. The second-order valence-electron chi connectivity index (χ2n) is 11.4. The number of anilines is 1. The fourth-order valence-corrected chi connectivity index (χ4v) is 7.37. The zero-order valence-corrected chi connectivity index (χ0v) is 25.9. The lowest BCUT2D eigenvalue weighted by Gasteiger charge is -2.42. The number of nitrogens with zero attached hydrogens (tertiary/aromatic N) is 4. The van der Waals surface area contributed by atoms with Crippen LogP contribution in [0, 0.1) is 0 Å². The smallest absolute Gasteiger partial charge is 0.327 e. The standard InChI is InChI=1S/C30H36ClN5O6S/c1-19(2)36-28(38)23(22-8-6-10-25(27(22)31)43(3,41)42)17-34(30(36)40)18-26(37)33-14-12-21(13-15-33)35-16-11-20-7-4-5-9-24(20)32-29(35)39/h4-10,17,19,21,28,38H,11-16,18H2,1-3H3,(H,32,39). The summed E-state index contributed by atoms with van der Waals surface area (Å²) < 4.78 is 24.5. The van der Waals surface area contributed by atoms with Crippen LogP contribution in [0.1, 0.15) is 37.8 Å². The molecule has 1 saturated heterocycles. The van der Waals surface area contributed by atoms with Crippen LogP contribution >= 0.6 is 11.6 Å². The zero-order valence-electron chi connectivity index (χ0n) is 24.4. The van der Waals surface area contributed by atoms with E-state index in [9.17, 15) is 27.9 Å². The lowest BCUT2D eigenvalue weighted by atomic mass is 10.0. The first-order valence-electron chi connectivity index (χ1n) is 14.3. The maximum atomic E-state index is 13.4. The van der Waals surface area contributed by atoms with Crippen LogP contribution in [-0.2, 0) is 21.1 Å². The molecule has 0 saturated carbocycles. The first-order valence-corrected chi connectivity index (χ1v) is 16.5. The number of rotatable bonds is 6. The number of hydrogen-bond acceptors (Lipinski definition) is 6. The maximum Gasteiger partial charge on any atom is 0.327 e. The molecule has 0 bridgehead atoms. The molecule has 5 amide bonds. The molecule has 1 fully saturated rings. The van der Waals surface area contributed by atoms with E-state index in [4.69, 9.17) is 11.6 Å². The average Bonchev–Trinajstić information content (AvgIpc) is 3.12. The predicted octanol–water partition coefficient (Wildman–Crippen LogP) is 3.63. The number of hydrogen-bond donors (Lipinski definition) is 2. The Labute approximate surface area is 256 Å². The Balaban J connectivity index is 1.30. The van der Waals surface area contributed by atoms with Crippen molar-refractivity contribution < 1.29 is 27.9 Å². The molecule has 3 aliphatic rings. The lowest BCUT2D eigenvalue weighted by Crippen LogP contribution is -2.56. The molecule has 0 spiro atoms. The van der Waals surface area contributed by atoms with E-state index in [2.05, 4.69) is 5.32 Å². The van der Waals surface area contributed by atoms with E-state index in [0.29, 0.717) is 32.5 Å². The van der Waals surface area contributed by atoms with E-state index in [0.717, 1.165) is 23.9 Å². The van der Waals surface area contributed by atoms with Crippen molar-refractivity contribution in [2.24, 2.45) is 0 Å². The van der Waals surface area contributed by atoms with Gasteiger partial charge in [-0.2, -0.15) is 0 Å². The Hall–Kier alpha value is -3.61. The van der Waals surface area contributed by atoms with Crippen LogP contribution in [0.2, 0.25) is 5.02 Å². The number of amides is 5. The largest absolute Gasteiger partial charge is 0.369 e. The van der Waals surface area contributed by atoms with Crippen LogP contribution in [0.5, 0.6) is 0 Å². The molecule has 2 aromatic rings. The van der Waals surface area contributed by atoms with Gasteiger partial charge in [0.1, 0.15) is 6.54 Å². The molecule has 3 heterocycles. The van der Waals surface area contributed by atoms with E-state index < -0.39 is 28.1 Å². The molecule has 3 aliphatic heterocycles. The molecule has 2 N–H and O–H groups in total. The van der Waals surface area contributed by atoms with Gasteiger partial charge in [0, 0.05) is 61.0 Å². The number of urea groups is 2. The van der Waals surface area contributed by atoms with Crippen molar-refractivity contribution in [1.29, 1.82) is 0 Å². The number of fused-ring (bicyclic) bond motifs is 1. The van der Waals surface area contributed by atoms with Crippen molar-refractivity contribution in [3.63, 3.8) is 0 Å². The molecule has 0 aromatic heterocycles. The van der Waals surface area contributed by atoms with Gasteiger partial charge in [-0.05, 0) is 50.8 Å². The topological polar surface area (TPSA) is 131 Å². The number of aliphatic hydroxyl groups excluding tert-OH is 1. The van der Waals surface area contributed by atoms with Gasteiger partial charge in [0.25, 0.3) is 0 Å². The number of carbonyl (C=O) groups excluding carboxylic acids is 3. The molecule has 1 unspecified atom stereocenters. The van der Waals surface area contributed by atoms with Crippen molar-refractivity contribution in [3.8, 4) is 0 Å². The monoisotopic (exact) mass is 629 g/mol. The summed E-state index contributed by atoms with van der Waals surface area (Å²) in [7, 11) is -3.66. The van der Waals surface area contributed by atoms with E-state index in [-0.39, 0.29) is 45.6 Å². The number of piperidine rings is 1. The Morgan fingerprint density at radius 3 is 2.44 bits per heavy atom. The number of para-hydroxylation sites is 1. The number of benzene rings is 2. The maximum absolute atomic E-state index is 13.4. The second kappa shape index (κ2) is 12.2. The van der Waals surface area contributed by atoms with Gasteiger partial charge >= 0.3 is 12.1 Å². The number of sulfone groups is 1. The van der Waals surface area contributed by atoms with Crippen LogP contribution in [0.25, 0.3) is 5.57 Å². The van der Waals surface area contributed by atoms with Crippen LogP contribution in [0.3, 0.4) is 0 Å². The van der Waals surface area contributed by atoms with E-state index >= 15 is 0 Å². The van der Waals surface area contributed by atoms with Crippen molar-refractivity contribution in [3.05, 3.63) is 64.8 Å². The minimum Gasteiger partial charge on any atom is -0.369 e. The summed E-state index contributed by atoms with van der Waals surface area (Å²) in [4.78, 5) is 45.7. The third-order valence-corrected chi connectivity index (χ3v) is 9.90. The normalized spacial score (nSPS) is 20.1. The van der Waals surface area contributed by atoms with Crippen LogP contribution in [0.15, 0.2) is 53.6 Å². The first-order chi connectivity index (χ1) is 20.4.